The van der Waals surface area contributed by atoms with Crippen LogP contribution in [0.25, 0.3) is 0 Å². The van der Waals surface area contributed by atoms with Gasteiger partial charge >= 0.3 is 5.97 Å². The Balaban J connectivity index is 2.20. The van der Waals surface area contributed by atoms with Crippen LogP contribution in [0.3, 0.4) is 0 Å². The number of amides is 3. The molecule has 0 aromatic heterocycles. The van der Waals surface area contributed by atoms with E-state index in [0.717, 1.165) is 11.3 Å². The van der Waals surface area contributed by atoms with Crippen molar-refractivity contribution in [2.24, 2.45) is 0 Å². The van der Waals surface area contributed by atoms with Gasteiger partial charge in [0, 0.05) is 12.6 Å². The predicted octanol–water partition coefficient (Wildman–Crippen LogP) is 1.29. The third-order valence-corrected chi connectivity index (χ3v) is 3.80. The molecule has 2 N–H and O–H groups in total. The molecule has 7 heteroatoms. The van der Waals surface area contributed by atoms with Crippen molar-refractivity contribution in [3.63, 3.8) is 0 Å². The van der Waals surface area contributed by atoms with E-state index in [-0.39, 0.29) is 16.7 Å². The van der Waals surface area contributed by atoms with Gasteiger partial charge in [-0.3, -0.25) is 19.3 Å². The molecule has 0 bridgehead atoms. The van der Waals surface area contributed by atoms with Gasteiger partial charge in [-0.05, 0) is 24.6 Å². The number of hydrogen-bond donors (Lipinski definition) is 2. The Morgan fingerprint density at radius 3 is 2.48 bits per heavy atom. The molecule has 1 aromatic carbocycles. The fourth-order valence-corrected chi connectivity index (χ4v) is 2.41. The number of carbonyl (C=O) groups is 4. The Hall–Kier alpha value is -2.70. The Morgan fingerprint density at radius 2 is 1.87 bits per heavy atom. The van der Waals surface area contributed by atoms with Crippen molar-refractivity contribution < 1.29 is 24.3 Å². The highest BCUT2D eigenvalue weighted by Gasteiger charge is 2.33. The number of carboxylic acids is 1. The minimum atomic E-state index is -1.10. The second kappa shape index (κ2) is 6.60. The van der Waals surface area contributed by atoms with Gasteiger partial charge in [0.2, 0.25) is 0 Å². The molecule has 0 fully saturated rings. The van der Waals surface area contributed by atoms with E-state index in [0.29, 0.717) is 12.8 Å². The summed E-state index contributed by atoms with van der Waals surface area (Å²) in [5.41, 5.74) is 0.559. The number of unbranched alkanes of at least 4 members (excludes halogenated alkanes) is 1. The van der Waals surface area contributed by atoms with Crippen LogP contribution in [0, 0.1) is 0 Å². The first-order valence-electron chi connectivity index (χ1n) is 7.37. The molecule has 2 rings (SSSR count). The second-order valence-electron chi connectivity index (χ2n) is 5.44. The van der Waals surface area contributed by atoms with Crippen molar-refractivity contribution in [3.8, 4) is 0 Å². The lowest BCUT2D eigenvalue weighted by molar-refractivity contribution is -0.139. The highest BCUT2D eigenvalue weighted by atomic mass is 16.4. The van der Waals surface area contributed by atoms with Crippen molar-refractivity contribution >= 4 is 23.7 Å². The summed E-state index contributed by atoms with van der Waals surface area (Å²) in [5.74, 6) is -2.56. The van der Waals surface area contributed by atoms with Gasteiger partial charge in [-0.2, -0.15) is 0 Å². The van der Waals surface area contributed by atoms with E-state index in [9.17, 15) is 19.2 Å². The van der Waals surface area contributed by atoms with Gasteiger partial charge in [0.25, 0.3) is 17.7 Å². The van der Waals surface area contributed by atoms with Crippen molar-refractivity contribution in [1.29, 1.82) is 0 Å². The minimum Gasteiger partial charge on any atom is -0.480 e. The number of fused-ring (bicyclic) bond motifs is 1. The van der Waals surface area contributed by atoms with Gasteiger partial charge in [0.15, 0.2) is 0 Å². The van der Waals surface area contributed by atoms with Crippen molar-refractivity contribution in [2.75, 3.05) is 7.05 Å². The third kappa shape index (κ3) is 3.23. The summed E-state index contributed by atoms with van der Waals surface area (Å²) in [4.78, 5) is 48.1. The molecule has 1 aromatic rings. The molecule has 3 amide bonds. The molecule has 1 atom stereocenters. The zero-order chi connectivity index (χ0) is 17.1. The Morgan fingerprint density at radius 1 is 1.22 bits per heavy atom. The molecule has 0 saturated heterocycles. The molecule has 1 aliphatic rings. The fraction of sp³-hybridized carbons (Fsp3) is 0.375. The zero-order valence-corrected chi connectivity index (χ0v) is 13.0. The lowest BCUT2D eigenvalue weighted by atomic mass is 10.0. The Labute approximate surface area is 133 Å². The van der Waals surface area contributed by atoms with Gasteiger partial charge in [-0.1, -0.05) is 19.8 Å². The predicted molar refractivity (Wildman–Crippen MR) is 81.3 cm³/mol. The third-order valence-electron chi connectivity index (χ3n) is 3.80. The van der Waals surface area contributed by atoms with Gasteiger partial charge in [0.1, 0.15) is 6.04 Å². The zero-order valence-electron chi connectivity index (χ0n) is 13.0. The highest BCUT2D eigenvalue weighted by Crippen LogP contribution is 2.22. The first-order valence-corrected chi connectivity index (χ1v) is 7.37. The van der Waals surface area contributed by atoms with Crippen LogP contribution in [-0.2, 0) is 4.79 Å². The van der Waals surface area contributed by atoms with Crippen LogP contribution < -0.4 is 5.32 Å². The van der Waals surface area contributed by atoms with Gasteiger partial charge in [-0.25, -0.2) is 4.79 Å². The number of carboxylic acid groups (broad SMARTS) is 1. The van der Waals surface area contributed by atoms with Crippen LogP contribution in [-0.4, -0.2) is 46.8 Å². The van der Waals surface area contributed by atoms with Crippen LogP contribution in [0.4, 0.5) is 0 Å². The minimum absolute atomic E-state index is 0.156. The molecule has 7 nitrogen and oxygen atoms in total. The van der Waals surface area contributed by atoms with E-state index in [1.807, 2.05) is 6.92 Å². The van der Waals surface area contributed by atoms with E-state index in [1.54, 1.807) is 0 Å². The molecule has 0 radical (unpaired) electrons. The fourth-order valence-electron chi connectivity index (χ4n) is 2.41. The summed E-state index contributed by atoms with van der Waals surface area (Å²) >= 11 is 0. The molecule has 122 valence electrons. The van der Waals surface area contributed by atoms with Crippen LogP contribution >= 0.6 is 0 Å². The SMILES string of the molecule is CCCCC(NC(=O)c1ccc2c(c1)C(=O)N(C)C2=O)C(=O)O. The van der Waals surface area contributed by atoms with E-state index >= 15 is 0 Å². The summed E-state index contributed by atoms with van der Waals surface area (Å²) in [6.07, 6.45) is 1.84. The van der Waals surface area contributed by atoms with Gasteiger partial charge in [-0.15, -0.1) is 0 Å². The standard InChI is InChI=1S/C16H18N2O5/c1-3-4-5-12(16(22)23)17-13(19)9-6-7-10-11(8-9)15(21)18(2)14(10)20/h6-8,12H,3-5H2,1-2H3,(H,17,19)(H,22,23). The molecule has 0 saturated carbocycles. The van der Waals surface area contributed by atoms with E-state index in [2.05, 4.69) is 5.32 Å². The molecular formula is C16H18N2O5. The van der Waals surface area contributed by atoms with Crippen molar-refractivity contribution in [1.82, 2.24) is 10.2 Å². The van der Waals surface area contributed by atoms with E-state index < -0.39 is 29.7 Å². The highest BCUT2D eigenvalue weighted by molar-refractivity contribution is 6.21. The lowest BCUT2D eigenvalue weighted by Gasteiger charge is -2.14. The lowest BCUT2D eigenvalue weighted by Crippen LogP contribution is -2.40. The first-order chi connectivity index (χ1) is 10.9. The number of hydrogen-bond acceptors (Lipinski definition) is 4. The average Bonchev–Trinajstić information content (AvgIpc) is 2.75. The quantitative estimate of drug-likeness (QED) is 0.769. The maximum atomic E-state index is 12.2. The number of benzene rings is 1. The topological polar surface area (TPSA) is 104 Å². The molecule has 23 heavy (non-hydrogen) atoms. The van der Waals surface area contributed by atoms with Crippen LogP contribution in [0.2, 0.25) is 0 Å². The smallest absolute Gasteiger partial charge is 0.326 e. The van der Waals surface area contributed by atoms with Crippen molar-refractivity contribution in [2.45, 2.75) is 32.2 Å². The molecule has 0 spiro atoms. The summed E-state index contributed by atoms with van der Waals surface area (Å²) in [6.45, 7) is 1.93. The number of nitrogens with one attached hydrogen (secondary N) is 1. The average molecular weight is 318 g/mol. The summed E-state index contributed by atoms with van der Waals surface area (Å²) in [6, 6.07) is 3.18. The Kier molecular flexibility index (Phi) is 4.78. The van der Waals surface area contributed by atoms with Crippen molar-refractivity contribution in [3.05, 3.63) is 34.9 Å². The van der Waals surface area contributed by atoms with Gasteiger partial charge < -0.3 is 10.4 Å². The number of imide groups is 1. The molecule has 1 aliphatic heterocycles. The number of carbonyl (C=O) groups excluding carboxylic acids is 3. The summed E-state index contributed by atoms with van der Waals surface area (Å²) in [5, 5.41) is 11.6. The first kappa shape index (κ1) is 16.7. The normalized spacial score (nSPS) is 14.6. The molecule has 1 heterocycles. The summed E-state index contributed by atoms with van der Waals surface area (Å²) in [7, 11) is 1.37. The van der Waals surface area contributed by atoms with E-state index in [1.165, 1.54) is 25.2 Å². The monoisotopic (exact) mass is 318 g/mol. The van der Waals surface area contributed by atoms with Crippen LogP contribution in [0.15, 0.2) is 18.2 Å². The maximum absolute atomic E-state index is 12.2. The second-order valence-corrected chi connectivity index (χ2v) is 5.44. The molecule has 0 aliphatic carbocycles. The Bertz CT molecular complexity index is 683. The molecule has 1 unspecified atom stereocenters. The number of aliphatic carboxylic acids is 1. The van der Waals surface area contributed by atoms with Gasteiger partial charge in [0.05, 0.1) is 11.1 Å². The maximum Gasteiger partial charge on any atom is 0.326 e. The molecular weight excluding hydrogens is 300 g/mol. The van der Waals surface area contributed by atoms with Crippen LogP contribution in [0.1, 0.15) is 57.3 Å². The van der Waals surface area contributed by atoms with E-state index in [4.69, 9.17) is 5.11 Å². The number of rotatable bonds is 6. The van der Waals surface area contributed by atoms with Crippen LogP contribution in [0.5, 0.6) is 0 Å². The number of nitrogens with zero attached hydrogens (tertiary/aromatic N) is 1. The largest absolute Gasteiger partial charge is 0.480 e. The summed E-state index contributed by atoms with van der Waals surface area (Å²) < 4.78 is 0.